The second kappa shape index (κ2) is 14.3. The molecular formula is C54H42N4. The van der Waals surface area contributed by atoms with Gasteiger partial charge in [-0.15, -0.1) is 0 Å². The first-order valence-electron chi connectivity index (χ1n) is 19.9. The maximum Gasteiger partial charge on any atom is 0.0546 e. The van der Waals surface area contributed by atoms with Crippen molar-refractivity contribution in [3.05, 3.63) is 205 Å². The van der Waals surface area contributed by atoms with Gasteiger partial charge in [-0.05, 0) is 146 Å². The average molecular weight is 747 g/mol. The molecule has 0 aliphatic rings. The molecule has 4 nitrogen and oxygen atoms in total. The third-order valence-corrected chi connectivity index (χ3v) is 11.5. The summed E-state index contributed by atoms with van der Waals surface area (Å²) < 4.78 is 0. The maximum atomic E-state index is 4.43. The van der Waals surface area contributed by atoms with Crippen LogP contribution in [0.4, 0.5) is 34.1 Å². The molecule has 0 atom stereocenters. The summed E-state index contributed by atoms with van der Waals surface area (Å²) in [5, 5.41) is 7.22. The molecule has 0 aliphatic heterocycles. The first-order valence-corrected chi connectivity index (χ1v) is 19.9. The summed E-state index contributed by atoms with van der Waals surface area (Å²) in [5.74, 6) is 0. The molecule has 0 spiro atoms. The summed E-state index contributed by atoms with van der Waals surface area (Å²) in [7, 11) is 0. The van der Waals surface area contributed by atoms with Crippen molar-refractivity contribution in [2.24, 2.45) is 0 Å². The third-order valence-electron chi connectivity index (χ3n) is 11.5. The number of anilines is 6. The van der Waals surface area contributed by atoms with E-state index in [0.29, 0.717) is 0 Å². The van der Waals surface area contributed by atoms with Crippen LogP contribution < -0.4 is 9.80 Å². The minimum absolute atomic E-state index is 1.10. The predicted molar refractivity (Wildman–Crippen MR) is 245 cm³/mol. The van der Waals surface area contributed by atoms with E-state index in [1.54, 1.807) is 0 Å². The average Bonchev–Trinajstić information content (AvgIpc) is 3.26. The van der Waals surface area contributed by atoms with Gasteiger partial charge < -0.3 is 9.80 Å². The SMILES string of the molecule is Cc1ccc(N(c2ccc(C)cc2)c2cc(-c3ccncc3)c3ccc4c(N(c5ccc(C)cc5)c5ccc(C)cc5)cc(-c5ccncc5)c5ccc2c3c54)cc1. The predicted octanol–water partition coefficient (Wildman–Crippen LogP) is 14.9. The monoisotopic (exact) mass is 746 g/mol. The van der Waals surface area contributed by atoms with Crippen molar-refractivity contribution in [2.75, 3.05) is 9.80 Å². The van der Waals surface area contributed by atoms with Crippen LogP contribution in [0, 0.1) is 27.7 Å². The highest BCUT2D eigenvalue weighted by molar-refractivity contribution is 6.32. The van der Waals surface area contributed by atoms with Gasteiger partial charge in [0.25, 0.3) is 0 Å². The van der Waals surface area contributed by atoms with Crippen molar-refractivity contribution in [3.8, 4) is 22.3 Å². The fourth-order valence-corrected chi connectivity index (χ4v) is 8.50. The Morgan fingerprint density at radius 2 is 0.586 bits per heavy atom. The molecule has 8 aromatic carbocycles. The van der Waals surface area contributed by atoms with E-state index in [-0.39, 0.29) is 0 Å². The molecule has 0 fully saturated rings. The van der Waals surface area contributed by atoms with E-state index in [1.807, 2.05) is 24.8 Å². The molecule has 10 rings (SSSR count). The summed E-state index contributed by atoms with van der Waals surface area (Å²) in [6.07, 6.45) is 7.58. The van der Waals surface area contributed by atoms with Crippen molar-refractivity contribution < 1.29 is 0 Å². The molecule has 0 unspecified atom stereocenters. The maximum absolute atomic E-state index is 4.43. The summed E-state index contributed by atoms with van der Waals surface area (Å²) in [6, 6.07) is 58.1. The highest BCUT2D eigenvalue weighted by Crippen LogP contribution is 2.52. The Bertz CT molecular complexity index is 2740. The molecular weight excluding hydrogens is 705 g/mol. The van der Waals surface area contributed by atoms with E-state index >= 15 is 0 Å². The third kappa shape index (κ3) is 6.11. The van der Waals surface area contributed by atoms with Crippen molar-refractivity contribution in [3.63, 3.8) is 0 Å². The van der Waals surface area contributed by atoms with Crippen molar-refractivity contribution in [1.82, 2.24) is 9.97 Å². The molecule has 4 heteroatoms. The quantitative estimate of drug-likeness (QED) is 0.145. The lowest BCUT2D eigenvalue weighted by atomic mass is 9.85. The molecule has 278 valence electrons. The zero-order valence-electron chi connectivity index (χ0n) is 33.1. The molecule has 2 aromatic heterocycles. The Morgan fingerprint density at radius 1 is 0.310 bits per heavy atom. The van der Waals surface area contributed by atoms with Gasteiger partial charge in [-0.2, -0.15) is 0 Å². The van der Waals surface area contributed by atoms with E-state index in [2.05, 4.69) is 205 Å². The van der Waals surface area contributed by atoms with Gasteiger partial charge in [0.05, 0.1) is 11.4 Å². The van der Waals surface area contributed by atoms with Crippen LogP contribution in [-0.4, -0.2) is 9.97 Å². The van der Waals surface area contributed by atoms with Crippen molar-refractivity contribution in [2.45, 2.75) is 27.7 Å². The molecule has 0 aliphatic carbocycles. The molecule has 58 heavy (non-hydrogen) atoms. The number of pyridine rings is 2. The Kier molecular flexibility index (Phi) is 8.68. The Balaban J connectivity index is 1.37. The number of hydrogen-bond donors (Lipinski definition) is 0. The number of benzene rings is 8. The molecule has 0 amide bonds. The number of hydrogen-bond acceptors (Lipinski definition) is 4. The Hall–Kier alpha value is -7.30. The zero-order valence-corrected chi connectivity index (χ0v) is 33.1. The van der Waals surface area contributed by atoms with E-state index < -0.39 is 0 Å². The van der Waals surface area contributed by atoms with E-state index in [4.69, 9.17) is 0 Å². The van der Waals surface area contributed by atoms with Crippen LogP contribution in [0.25, 0.3) is 54.6 Å². The molecule has 0 radical (unpaired) electrons. The minimum atomic E-state index is 1.10. The van der Waals surface area contributed by atoms with Crippen LogP contribution in [-0.2, 0) is 0 Å². The van der Waals surface area contributed by atoms with Crippen molar-refractivity contribution in [1.29, 1.82) is 0 Å². The normalized spacial score (nSPS) is 11.4. The molecule has 0 saturated heterocycles. The first kappa shape index (κ1) is 35.1. The van der Waals surface area contributed by atoms with Gasteiger partial charge in [-0.25, -0.2) is 0 Å². The fraction of sp³-hybridized carbons (Fsp3) is 0.0741. The summed E-state index contributed by atoms with van der Waals surface area (Å²) in [5.41, 5.74) is 16.1. The van der Waals surface area contributed by atoms with Crippen LogP contribution >= 0.6 is 0 Å². The Morgan fingerprint density at radius 3 is 0.879 bits per heavy atom. The smallest absolute Gasteiger partial charge is 0.0546 e. The molecule has 0 bridgehead atoms. The number of nitrogens with zero attached hydrogens (tertiary/aromatic N) is 4. The minimum Gasteiger partial charge on any atom is -0.310 e. The number of rotatable bonds is 8. The second-order valence-electron chi connectivity index (χ2n) is 15.4. The fourth-order valence-electron chi connectivity index (χ4n) is 8.50. The first-order chi connectivity index (χ1) is 28.4. The summed E-state index contributed by atoms with van der Waals surface area (Å²) in [4.78, 5) is 13.7. The van der Waals surface area contributed by atoms with E-state index in [9.17, 15) is 0 Å². The number of aromatic nitrogens is 2. The van der Waals surface area contributed by atoms with Gasteiger partial charge in [0, 0.05) is 69.1 Å². The van der Waals surface area contributed by atoms with Gasteiger partial charge in [0.1, 0.15) is 0 Å². The van der Waals surface area contributed by atoms with Gasteiger partial charge in [-0.3, -0.25) is 9.97 Å². The van der Waals surface area contributed by atoms with Crippen molar-refractivity contribution >= 4 is 66.4 Å². The summed E-state index contributed by atoms with van der Waals surface area (Å²) >= 11 is 0. The zero-order chi connectivity index (χ0) is 39.3. The standard InChI is InChI=1S/C54H42N4/c1-35-5-13-41(14-6-35)57(42-15-7-36(2)8-16-42)51-33-49(39-25-29-55-30-26-39)45-22-24-48-52(58(43-17-9-37(3)10-18-43)44-19-11-38(4)12-20-44)34-50(40-27-31-56-32-28-40)46-21-23-47(51)53(45)54(46)48/h5-34H,1-4H3. The van der Waals surface area contributed by atoms with E-state index in [0.717, 1.165) is 56.4 Å². The molecule has 10 aromatic rings. The molecule has 0 N–H and O–H groups in total. The lowest BCUT2D eigenvalue weighted by Crippen LogP contribution is -2.12. The van der Waals surface area contributed by atoms with Gasteiger partial charge in [-0.1, -0.05) is 95.1 Å². The van der Waals surface area contributed by atoms with Gasteiger partial charge >= 0.3 is 0 Å². The summed E-state index contributed by atoms with van der Waals surface area (Å²) in [6.45, 7) is 8.58. The van der Waals surface area contributed by atoms with Gasteiger partial charge in [0.2, 0.25) is 0 Å². The topological polar surface area (TPSA) is 32.3 Å². The molecule has 0 saturated carbocycles. The van der Waals surface area contributed by atoms with Crippen LogP contribution in [0.2, 0.25) is 0 Å². The highest BCUT2D eigenvalue weighted by Gasteiger charge is 2.25. The Labute approximate surface area is 339 Å². The van der Waals surface area contributed by atoms with Crippen LogP contribution in [0.15, 0.2) is 183 Å². The second-order valence-corrected chi connectivity index (χ2v) is 15.4. The van der Waals surface area contributed by atoms with E-state index in [1.165, 1.54) is 54.6 Å². The van der Waals surface area contributed by atoms with Crippen LogP contribution in [0.1, 0.15) is 22.3 Å². The lowest BCUT2D eigenvalue weighted by Gasteiger charge is -2.31. The lowest BCUT2D eigenvalue weighted by molar-refractivity contribution is 1.28. The van der Waals surface area contributed by atoms with Crippen LogP contribution in [0.3, 0.4) is 0 Å². The van der Waals surface area contributed by atoms with Gasteiger partial charge in [0.15, 0.2) is 0 Å². The number of aryl methyl sites for hydroxylation is 4. The highest BCUT2D eigenvalue weighted by atomic mass is 15.1. The van der Waals surface area contributed by atoms with Crippen LogP contribution in [0.5, 0.6) is 0 Å². The largest absolute Gasteiger partial charge is 0.310 e. The molecule has 2 heterocycles.